The molecule has 0 saturated carbocycles. The number of nitrogens with zero attached hydrogens (tertiary/aromatic N) is 2. The van der Waals surface area contributed by atoms with Crippen LogP contribution in [0.4, 0.5) is 0 Å². The minimum absolute atomic E-state index is 0.0562. The maximum atomic E-state index is 12.7. The van der Waals surface area contributed by atoms with Gasteiger partial charge in [-0.1, -0.05) is 36.4 Å². The second kappa shape index (κ2) is 9.87. The lowest BCUT2D eigenvalue weighted by molar-refractivity contribution is -0.122. The van der Waals surface area contributed by atoms with Crippen LogP contribution in [-0.2, 0) is 21.2 Å². The maximum Gasteiger partial charge on any atom is 0.243 e. The number of methoxy groups -OCH3 is 1. The molecule has 0 spiro atoms. The number of amides is 1. The van der Waals surface area contributed by atoms with Crippen LogP contribution in [0.1, 0.15) is 5.56 Å². The van der Waals surface area contributed by atoms with Crippen molar-refractivity contribution in [2.75, 3.05) is 46.4 Å². The summed E-state index contributed by atoms with van der Waals surface area (Å²) in [6.07, 6.45) is 0.693. The van der Waals surface area contributed by atoms with E-state index in [1.807, 2.05) is 29.2 Å². The highest BCUT2D eigenvalue weighted by atomic mass is 32.2. The van der Waals surface area contributed by atoms with Crippen molar-refractivity contribution in [1.29, 1.82) is 0 Å². The Labute approximate surface area is 172 Å². The van der Waals surface area contributed by atoms with Gasteiger partial charge in [-0.15, -0.1) is 0 Å². The molecule has 7 nitrogen and oxygen atoms in total. The lowest BCUT2D eigenvalue weighted by atomic mass is 10.1. The Kier molecular flexibility index (Phi) is 7.24. The van der Waals surface area contributed by atoms with Gasteiger partial charge in [-0.3, -0.25) is 9.69 Å². The standard InChI is InChI=1S/C21H27N3O4S/c1-28-20-10-6-5-7-18(20)11-12-22-21(25)17-23-13-15-24(16-14-23)29(26,27)19-8-3-2-4-9-19/h2-10H,11-17H2,1H3,(H,22,25). The molecule has 1 amide bonds. The summed E-state index contributed by atoms with van der Waals surface area (Å²) >= 11 is 0. The summed E-state index contributed by atoms with van der Waals surface area (Å²) in [5, 5.41) is 2.93. The SMILES string of the molecule is COc1ccccc1CCNC(=O)CN1CCN(S(=O)(=O)c2ccccc2)CC1. The molecule has 1 aliphatic rings. The van der Waals surface area contributed by atoms with Crippen molar-refractivity contribution in [3.63, 3.8) is 0 Å². The zero-order valence-corrected chi connectivity index (χ0v) is 17.4. The third kappa shape index (κ3) is 5.56. The van der Waals surface area contributed by atoms with Gasteiger partial charge in [0.1, 0.15) is 5.75 Å². The molecule has 156 valence electrons. The van der Waals surface area contributed by atoms with Crippen molar-refractivity contribution in [2.45, 2.75) is 11.3 Å². The monoisotopic (exact) mass is 417 g/mol. The zero-order valence-electron chi connectivity index (χ0n) is 16.6. The van der Waals surface area contributed by atoms with E-state index < -0.39 is 10.0 Å². The third-order valence-corrected chi connectivity index (χ3v) is 6.90. The number of piperazine rings is 1. The first-order chi connectivity index (χ1) is 14.0. The Morgan fingerprint density at radius 2 is 1.66 bits per heavy atom. The van der Waals surface area contributed by atoms with E-state index in [9.17, 15) is 13.2 Å². The highest BCUT2D eigenvalue weighted by Crippen LogP contribution is 2.18. The van der Waals surface area contributed by atoms with Crippen molar-refractivity contribution in [1.82, 2.24) is 14.5 Å². The molecule has 1 saturated heterocycles. The number of para-hydroxylation sites is 1. The molecule has 0 aromatic heterocycles. The minimum Gasteiger partial charge on any atom is -0.496 e. The average molecular weight is 418 g/mol. The summed E-state index contributed by atoms with van der Waals surface area (Å²) in [7, 11) is -1.84. The predicted octanol–water partition coefficient (Wildman–Crippen LogP) is 1.36. The number of benzene rings is 2. The van der Waals surface area contributed by atoms with Crippen LogP contribution in [-0.4, -0.2) is 69.9 Å². The number of ether oxygens (including phenoxy) is 1. The first kappa shape index (κ1) is 21.3. The molecule has 2 aromatic rings. The number of carbonyl (C=O) groups excluding carboxylic acids is 1. The average Bonchev–Trinajstić information content (AvgIpc) is 2.75. The molecule has 1 N–H and O–H groups in total. The second-order valence-corrected chi connectivity index (χ2v) is 8.84. The largest absolute Gasteiger partial charge is 0.496 e. The summed E-state index contributed by atoms with van der Waals surface area (Å²) < 4.78 is 32.1. The molecule has 0 atom stereocenters. The molecular weight excluding hydrogens is 390 g/mol. The number of carbonyl (C=O) groups is 1. The molecule has 1 fully saturated rings. The minimum atomic E-state index is -3.47. The van der Waals surface area contributed by atoms with Gasteiger partial charge >= 0.3 is 0 Å². The summed E-state index contributed by atoms with van der Waals surface area (Å²) in [6, 6.07) is 16.2. The topological polar surface area (TPSA) is 79.0 Å². The summed E-state index contributed by atoms with van der Waals surface area (Å²) in [5.74, 6) is 0.761. The number of sulfonamides is 1. The van der Waals surface area contributed by atoms with Crippen molar-refractivity contribution in [2.24, 2.45) is 0 Å². The number of hydrogen-bond acceptors (Lipinski definition) is 5. The summed E-state index contributed by atoms with van der Waals surface area (Å²) in [4.78, 5) is 14.5. The van der Waals surface area contributed by atoms with Crippen molar-refractivity contribution < 1.29 is 17.9 Å². The summed E-state index contributed by atoms with van der Waals surface area (Å²) in [6.45, 7) is 2.63. The van der Waals surface area contributed by atoms with Crippen LogP contribution in [0, 0.1) is 0 Å². The van der Waals surface area contributed by atoms with Gasteiger partial charge in [-0.05, 0) is 30.2 Å². The number of nitrogens with one attached hydrogen (secondary N) is 1. The molecule has 1 aliphatic heterocycles. The Bertz CT molecular complexity index is 911. The predicted molar refractivity (Wildman–Crippen MR) is 111 cm³/mol. The van der Waals surface area contributed by atoms with Gasteiger partial charge in [-0.25, -0.2) is 8.42 Å². The van der Waals surface area contributed by atoms with E-state index in [2.05, 4.69) is 5.32 Å². The Morgan fingerprint density at radius 3 is 2.34 bits per heavy atom. The molecule has 0 radical (unpaired) electrons. The van der Waals surface area contributed by atoms with Crippen LogP contribution >= 0.6 is 0 Å². The molecule has 29 heavy (non-hydrogen) atoms. The fourth-order valence-electron chi connectivity index (χ4n) is 3.37. The van der Waals surface area contributed by atoms with Gasteiger partial charge in [0.25, 0.3) is 0 Å². The molecular formula is C21H27N3O4S. The van der Waals surface area contributed by atoms with Crippen LogP contribution in [0.5, 0.6) is 5.75 Å². The molecule has 1 heterocycles. The normalized spacial score (nSPS) is 15.8. The van der Waals surface area contributed by atoms with Gasteiger partial charge < -0.3 is 10.1 Å². The van der Waals surface area contributed by atoms with Crippen LogP contribution < -0.4 is 10.1 Å². The Balaban J connectivity index is 1.43. The smallest absolute Gasteiger partial charge is 0.243 e. The molecule has 2 aromatic carbocycles. The van der Waals surface area contributed by atoms with E-state index in [0.717, 1.165) is 11.3 Å². The van der Waals surface area contributed by atoms with Gasteiger partial charge in [0.05, 0.1) is 18.6 Å². The van der Waals surface area contributed by atoms with Crippen LogP contribution in [0.15, 0.2) is 59.5 Å². The van der Waals surface area contributed by atoms with Crippen molar-refractivity contribution >= 4 is 15.9 Å². The third-order valence-electron chi connectivity index (χ3n) is 4.99. The molecule has 0 unspecified atom stereocenters. The van der Waals surface area contributed by atoms with Gasteiger partial charge in [-0.2, -0.15) is 4.31 Å². The molecule has 3 rings (SSSR count). The van der Waals surface area contributed by atoms with Crippen LogP contribution in [0.2, 0.25) is 0 Å². The molecule has 0 bridgehead atoms. The van der Waals surface area contributed by atoms with Crippen molar-refractivity contribution in [3.8, 4) is 5.75 Å². The van der Waals surface area contributed by atoms with E-state index in [4.69, 9.17) is 4.74 Å². The van der Waals surface area contributed by atoms with Crippen LogP contribution in [0.3, 0.4) is 0 Å². The lowest BCUT2D eigenvalue weighted by Crippen LogP contribution is -2.51. The lowest BCUT2D eigenvalue weighted by Gasteiger charge is -2.33. The first-order valence-electron chi connectivity index (χ1n) is 9.67. The van der Waals surface area contributed by atoms with E-state index >= 15 is 0 Å². The van der Waals surface area contributed by atoms with E-state index in [0.29, 0.717) is 44.0 Å². The van der Waals surface area contributed by atoms with Gasteiger partial charge in [0, 0.05) is 32.7 Å². The Hall–Kier alpha value is -2.42. The quantitative estimate of drug-likeness (QED) is 0.702. The van der Waals surface area contributed by atoms with Crippen molar-refractivity contribution in [3.05, 3.63) is 60.2 Å². The first-order valence-corrected chi connectivity index (χ1v) is 11.1. The zero-order chi connectivity index (χ0) is 20.7. The number of hydrogen-bond donors (Lipinski definition) is 1. The summed E-state index contributed by atoms with van der Waals surface area (Å²) in [5.41, 5.74) is 1.05. The second-order valence-electron chi connectivity index (χ2n) is 6.91. The maximum absolute atomic E-state index is 12.7. The Morgan fingerprint density at radius 1 is 1.00 bits per heavy atom. The molecule has 0 aliphatic carbocycles. The van der Waals surface area contributed by atoms with E-state index in [1.54, 1.807) is 37.4 Å². The van der Waals surface area contributed by atoms with Gasteiger partial charge in [0.2, 0.25) is 15.9 Å². The van der Waals surface area contributed by atoms with E-state index in [1.165, 1.54) is 4.31 Å². The fourth-order valence-corrected chi connectivity index (χ4v) is 4.82. The highest BCUT2D eigenvalue weighted by Gasteiger charge is 2.28. The number of rotatable bonds is 8. The van der Waals surface area contributed by atoms with Crippen LogP contribution in [0.25, 0.3) is 0 Å². The van der Waals surface area contributed by atoms with Gasteiger partial charge in [0.15, 0.2) is 0 Å². The van der Waals surface area contributed by atoms with E-state index in [-0.39, 0.29) is 12.5 Å². The molecule has 8 heteroatoms. The fraction of sp³-hybridized carbons (Fsp3) is 0.381. The highest BCUT2D eigenvalue weighted by molar-refractivity contribution is 7.89.